The van der Waals surface area contributed by atoms with E-state index in [1.54, 1.807) is 41.6 Å². The van der Waals surface area contributed by atoms with Gasteiger partial charge in [-0.2, -0.15) is 0 Å². The van der Waals surface area contributed by atoms with Gasteiger partial charge in [-0.15, -0.1) is 0 Å². The van der Waals surface area contributed by atoms with E-state index >= 15 is 0 Å². The molecule has 10 nitrogen and oxygen atoms in total. The Hall–Kier alpha value is -4.35. The average Bonchev–Trinajstić information content (AvgIpc) is 3.68. The summed E-state index contributed by atoms with van der Waals surface area (Å²) in [4.78, 5) is 49.8. The lowest BCUT2D eigenvalue weighted by atomic mass is 10.1. The van der Waals surface area contributed by atoms with E-state index in [0.717, 1.165) is 11.3 Å². The number of aromatic nitrogens is 1. The molecule has 1 saturated heterocycles. The molecule has 5 rings (SSSR count). The van der Waals surface area contributed by atoms with Crippen LogP contribution in [0.1, 0.15) is 34.3 Å². The highest BCUT2D eigenvalue weighted by molar-refractivity contribution is 5.96. The topological polar surface area (TPSA) is 130 Å². The lowest BCUT2D eigenvalue weighted by molar-refractivity contribution is -0.136. The van der Waals surface area contributed by atoms with Crippen LogP contribution in [0.25, 0.3) is 0 Å². The van der Waals surface area contributed by atoms with Crippen LogP contribution in [-0.4, -0.2) is 60.4 Å². The monoisotopic (exact) mass is 560 g/mol. The minimum atomic E-state index is -0.512. The van der Waals surface area contributed by atoms with Crippen LogP contribution in [0.2, 0.25) is 0 Å². The second-order valence-electron chi connectivity index (χ2n) is 10.4. The van der Waals surface area contributed by atoms with Gasteiger partial charge in [-0.1, -0.05) is 19.1 Å². The highest BCUT2D eigenvalue weighted by atomic mass is 19.1. The molecule has 1 aliphatic carbocycles. The largest absolute Gasteiger partial charge is 0.368 e. The molecule has 2 aromatic carbocycles. The number of nitrogens with one attached hydrogen (secondary N) is 2. The molecular weight excluding hydrogens is 527 g/mol. The maximum atomic E-state index is 14.8. The molecule has 1 aliphatic heterocycles. The highest BCUT2D eigenvalue weighted by Crippen LogP contribution is 2.53. The van der Waals surface area contributed by atoms with Crippen molar-refractivity contribution in [1.29, 1.82) is 0 Å². The van der Waals surface area contributed by atoms with Crippen molar-refractivity contribution in [2.75, 3.05) is 43.0 Å². The van der Waals surface area contributed by atoms with Crippen molar-refractivity contribution in [2.24, 2.45) is 17.7 Å². The van der Waals surface area contributed by atoms with Gasteiger partial charge in [0, 0.05) is 79.5 Å². The second kappa shape index (κ2) is 12.4. The number of rotatable bonds is 9. The first-order valence-electron chi connectivity index (χ1n) is 13.6. The van der Waals surface area contributed by atoms with Crippen LogP contribution in [0.4, 0.5) is 15.8 Å². The number of halogens is 1. The number of pyridine rings is 1. The van der Waals surface area contributed by atoms with Gasteiger partial charge in [0.2, 0.25) is 5.91 Å². The molecule has 3 aromatic rings. The van der Waals surface area contributed by atoms with Crippen molar-refractivity contribution in [1.82, 2.24) is 15.2 Å². The van der Waals surface area contributed by atoms with E-state index in [-0.39, 0.29) is 48.6 Å². The van der Waals surface area contributed by atoms with Gasteiger partial charge in [-0.05, 0) is 53.9 Å². The number of hydrogen-bond donors (Lipinski definition) is 3. The zero-order valence-corrected chi connectivity index (χ0v) is 22.8. The molecule has 11 heteroatoms. The van der Waals surface area contributed by atoms with Gasteiger partial charge in [0.05, 0.1) is 0 Å². The molecule has 4 N–H and O–H groups in total. The van der Waals surface area contributed by atoms with Gasteiger partial charge < -0.3 is 20.4 Å². The maximum absolute atomic E-state index is 14.8. The van der Waals surface area contributed by atoms with Crippen molar-refractivity contribution in [3.63, 3.8) is 0 Å². The van der Waals surface area contributed by atoms with E-state index in [4.69, 9.17) is 5.90 Å². The van der Waals surface area contributed by atoms with Crippen LogP contribution >= 0.6 is 0 Å². The molecule has 3 atom stereocenters. The normalized spacial score (nSPS) is 19.9. The van der Waals surface area contributed by atoms with Gasteiger partial charge in [-0.3, -0.25) is 24.2 Å². The van der Waals surface area contributed by atoms with Gasteiger partial charge in [0.1, 0.15) is 12.4 Å². The average molecular weight is 561 g/mol. The first-order valence-corrected chi connectivity index (χ1v) is 13.6. The van der Waals surface area contributed by atoms with Crippen LogP contribution in [0.3, 0.4) is 0 Å². The molecule has 3 amide bonds. The zero-order valence-electron chi connectivity index (χ0n) is 22.8. The summed E-state index contributed by atoms with van der Waals surface area (Å²) in [6, 6.07) is 15.4. The Morgan fingerprint density at radius 1 is 1.07 bits per heavy atom. The van der Waals surface area contributed by atoms with Gasteiger partial charge in [0.15, 0.2) is 0 Å². The smallest absolute Gasteiger partial charge is 0.251 e. The van der Waals surface area contributed by atoms with E-state index in [2.05, 4.69) is 25.4 Å². The fraction of sp³-hybridized carbons (Fsp3) is 0.333. The Labute approximate surface area is 237 Å². The van der Waals surface area contributed by atoms with Crippen molar-refractivity contribution in [3.05, 3.63) is 89.5 Å². The summed E-state index contributed by atoms with van der Waals surface area (Å²) in [5.41, 5.74) is 3.11. The van der Waals surface area contributed by atoms with E-state index in [1.807, 2.05) is 31.2 Å². The lowest BCUT2D eigenvalue weighted by Gasteiger charge is -2.36. The molecule has 214 valence electrons. The molecular formula is C30H33FN6O4. The van der Waals surface area contributed by atoms with Gasteiger partial charge in [-0.25, -0.2) is 10.3 Å². The molecule has 2 unspecified atom stereocenters. The Kier molecular flexibility index (Phi) is 8.55. The van der Waals surface area contributed by atoms with Crippen molar-refractivity contribution in [2.45, 2.75) is 19.4 Å². The highest BCUT2D eigenvalue weighted by Gasteiger charge is 2.52. The summed E-state index contributed by atoms with van der Waals surface area (Å²) in [5, 5.41) is 5.57. The minimum absolute atomic E-state index is 0.00584. The van der Waals surface area contributed by atoms with E-state index < -0.39 is 5.82 Å². The van der Waals surface area contributed by atoms with Crippen molar-refractivity contribution < 1.29 is 23.6 Å². The summed E-state index contributed by atoms with van der Waals surface area (Å²) in [5.74, 6) is 3.97. The molecule has 2 aliphatic rings. The van der Waals surface area contributed by atoms with Gasteiger partial charge in [0.25, 0.3) is 11.8 Å². The minimum Gasteiger partial charge on any atom is -0.368 e. The predicted molar refractivity (Wildman–Crippen MR) is 151 cm³/mol. The van der Waals surface area contributed by atoms with Crippen molar-refractivity contribution in [3.8, 4) is 0 Å². The number of nitrogens with two attached hydrogens (primary N) is 1. The maximum Gasteiger partial charge on any atom is 0.251 e. The van der Waals surface area contributed by atoms with Crippen LogP contribution in [0.5, 0.6) is 0 Å². The molecule has 0 bridgehead atoms. The first kappa shape index (κ1) is 28.2. The molecule has 1 aromatic heterocycles. The standard InChI is InChI=1S/C30H33FN6O4/c1-19-27(22-3-2-10-33-16-22)28(19)30(40)35-23-7-4-21(25(31)15-23)17-34-29(39)20-5-8-24(9-6-20)36-11-13-37(14-12-36)26(38)18-41-32/h2-10,15-16,19,27-28H,11-14,17-18,32H2,1H3,(H,34,39)(H,35,40)/t19-,27?,28?/m1/s1. The summed E-state index contributed by atoms with van der Waals surface area (Å²) in [6.45, 7) is 4.32. The molecule has 41 heavy (non-hydrogen) atoms. The fourth-order valence-electron chi connectivity index (χ4n) is 5.42. The Morgan fingerprint density at radius 3 is 2.49 bits per heavy atom. The summed E-state index contributed by atoms with van der Waals surface area (Å²) >= 11 is 0. The molecule has 0 spiro atoms. The van der Waals surface area contributed by atoms with Gasteiger partial charge >= 0.3 is 0 Å². The Balaban J connectivity index is 1.10. The number of hydrogen-bond acceptors (Lipinski definition) is 7. The predicted octanol–water partition coefficient (Wildman–Crippen LogP) is 2.68. The Morgan fingerprint density at radius 2 is 1.83 bits per heavy atom. The third-order valence-corrected chi connectivity index (χ3v) is 7.84. The zero-order chi connectivity index (χ0) is 28.9. The SMILES string of the molecule is C[C@H]1C(C(=O)Nc2ccc(CNC(=O)c3ccc(N4CCN(C(=O)CON)CC4)cc3)c(F)c2)C1c1cccnc1. The number of nitrogens with zero attached hydrogens (tertiary/aromatic N) is 3. The summed E-state index contributed by atoms with van der Waals surface area (Å²) in [6.07, 6.45) is 3.48. The number of amides is 3. The second-order valence-corrected chi connectivity index (χ2v) is 10.4. The number of anilines is 2. The summed E-state index contributed by atoms with van der Waals surface area (Å²) < 4.78 is 14.8. The van der Waals surface area contributed by atoms with Crippen LogP contribution in [-0.2, 0) is 21.0 Å². The fourth-order valence-corrected chi connectivity index (χ4v) is 5.42. The van der Waals surface area contributed by atoms with Crippen LogP contribution < -0.4 is 21.4 Å². The van der Waals surface area contributed by atoms with Crippen LogP contribution in [0, 0.1) is 17.7 Å². The van der Waals surface area contributed by atoms with E-state index in [9.17, 15) is 18.8 Å². The van der Waals surface area contributed by atoms with E-state index in [1.165, 1.54) is 6.07 Å². The third-order valence-electron chi connectivity index (χ3n) is 7.84. The Bertz CT molecular complexity index is 1400. The number of carbonyl (C=O) groups excluding carboxylic acids is 3. The molecule has 2 heterocycles. The molecule has 1 saturated carbocycles. The first-order chi connectivity index (χ1) is 19.9. The van der Waals surface area contributed by atoms with E-state index in [0.29, 0.717) is 43.0 Å². The number of carbonyl (C=O) groups is 3. The molecule has 0 radical (unpaired) electrons. The lowest BCUT2D eigenvalue weighted by Crippen LogP contribution is -2.50. The van der Waals surface area contributed by atoms with Crippen molar-refractivity contribution >= 4 is 29.1 Å². The third kappa shape index (κ3) is 6.53. The quantitative estimate of drug-likeness (QED) is 0.343. The summed E-state index contributed by atoms with van der Waals surface area (Å²) in [7, 11) is 0. The number of piperazine rings is 1. The molecule has 2 fully saturated rings. The van der Waals surface area contributed by atoms with Crippen LogP contribution in [0.15, 0.2) is 67.0 Å². The number of benzene rings is 2.